The highest BCUT2D eigenvalue weighted by molar-refractivity contribution is 6.34. The number of halogens is 1. The monoisotopic (exact) mass is 366 g/mol. The normalized spacial score (nSPS) is 15.8. The van der Waals surface area contributed by atoms with Gasteiger partial charge >= 0.3 is 5.97 Å². The molecule has 2 rings (SSSR count). The molecule has 0 saturated heterocycles. The summed E-state index contributed by atoms with van der Waals surface area (Å²) >= 11 is 6.08. The number of anilines is 1. The molecule has 1 aliphatic carbocycles. The number of hydrogen-bond donors (Lipinski definition) is 3. The molecule has 6 nitrogen and oxygen atoms in total. The smallest absolute Gasteiger partial charge is 0.329 e. The summed E-state index contributed by atoms with van der Waals surface area (Å²) in [5.74, 6) is -1.76. The van der Waals surface area contributed by atoms with Gasteiger partial charge in [0.1, 0.15) is 5.54 Å². The molecule has 136 valence electrons. The fourth-order valence-electron chi connectivity index (χ4n) is 2.67. The third kappa shape index (κ3) is 4.72. The van der Waals surface area contributed by atoms with Gasteiger partial charge in [-0.05, 0) is 42.9 Å². The predicted molar refractivity (Wildman–Crippen MR) is 95.8 cm³/mol. The second-order valence-electron chi connectivity index (χ2n) is 7.68. The highest BCUT2D eigenvalue weighted by Gasteiger charge is 2.46. The van der Waals surface area contributed by atoms with E-state index in [0.717, 1.165) is 6.42 Å². The van der Waals surface area contributed by atoms with Gasteiger partial charge in [0.25, 0.3) is 5.91 Å². The Morgan fingerprint density at radius 3 is 2.36 bits per heavy atom. The molecule has 1 aromatic rings. The molecule has 0 aliphatic heterocycles. The molecule has 0 spiro atoms. The van der Waals surface area contributed by atoms with E-state index in [9.17, 15) is 19.5 Å². The number of carbonyl (C=O) groups is 3. The van der Waals surface area contributed by atoms with Crippen LogP contribution in [0.5, 0.6) is 0 Å². The van der Waals surface area contributed by atoms with Crippen molar-refractivity contribution in [2.24, 2.45) is 5.41 Å². The number of amides is 2. The van der Waals surface area contributed by atoms with Crippen LogP contribution in [-0.2, 0) is 9.59 Å². The Balaban J connectivity index is 2.14. The zero-order valence-corrected chi connectivity index (χ0v) is 15.4. The van der Waals surface area contributed by atoms with Crippen molar-refractivity contribution >= 4 is 35.1 Å². The Labute approximate surface area is 151 Å². The van der Waals surface area contributed by atoms with Crippen LogP contribution in [0.4, 0.5) is 5.69 Å². The summed E-state index contributed by atoms with van der Waals surface area (Å²) < 4.78 is 0. The fraction of sp³-hybridized carbons (Fsp3) is 0.500. The van der Waals surface area contributed by atoms with Crippen LogP contribution in [0.3, 0.4) is 0 Å². The van der Waals surface area contributed by atoms with E-state index in [0.29, 0.717) is 24.9 Å². The largest absolute Gasteiger partial charge is 0.480 e. The van der Waals surface area contributed by atoms with E-state index in [1.165, 1.54) is 12.1 Å². The van der Waals surface area contributed by atoms with Crippen molar-refractivity contribution in [3.8, 4) is 0 Å². The Kier molecular flexibility index (Phi) is 5.42. The Hall–Kier alpha value is -2.08. The summed E-state index contributed by atoms with van der Waals surface area (Å²) in [6, 6.07) is 4.58. The third-order valence-electron chi connectivity index (χ3n) is 4.15. The summed E-state index contributed by atoms with van der Waals surface area (Å²) in [4.78, 5) is 35.9. The summed E-state index contributed by atoms with van der Waals surface area (Å²) in [5, 5.41) is 14.8. The van der Waals surface area contributed by atoms with Gasteiger partial charge < -0.3 is 15.7 Å². The maximum atomic E-state index is 12.5. The van der Waals surface area contributed by atoms with Crippen LogP contribution < -0.4 is 10.6 Å². The Morgan fingerprint density at radius 2 is 1.88 bits per heavy atom. The lowest BCUT2D eigenvalue weighted by molar-refractivity contribution is -0.148. The first kappa shape index (κ1) is 19.2. The fourth-order valence-corrected chi connectivity index (χ4v) is 2.87. The van der Waals surface area contributed by atoms with Gasteiger partial charge in [0.15, 0.2) is 0 Å². The summed E-state index contributed by atoms with van der Waals surface area (Å²) in [6.45, 7) is 5.87. The van der Waals surface area contributed by atoms with Crippen LogP contribution in [0.2, 0.25) is 5.02 Å². The number of carboxylic acid groups (broad SMARTS) is 1. The van der Waals surface area contributed by atoms with E-state index in [1.807, 2.05) is 20.8 Å². The van der Waals surface area contributed by atoms with Crippen LogP contribution in [-0.4, -0.2) is 28.4 Å². The number of nitrogens with one attached hydrogen (secondary N) is 2. The highest BCUT2D eigenvalue weighted by atomic mass is 35.5. The zero-order chi connectivity index (χ0) is 18.8. The number of carboxylic acids is 1. The number of benzene rings is 1. The van der Waals surface area contributed by atoms with Crippen LogP contribution in [0, 0.1) is 5.41 Å². The average molecular weight is 367 g/mol. The quantitative estimate of drug-likeness (QED) is 0.743. The molecule has 0 bridgehead atoms. The van der Waals surface area contributed by atoms with E-state index in [4.69, 9.17) is 11.6 Å². The molecule has 0 aromatic heterocycles. The van der Waals surface area contributed by atoms with Crippen LogP contribution in [0.15, 0.2) is 18.2 Å². The maximum absolute atomic E-state index is 12.5. The van der Waals surface area contributed by atoms with Gasteiger partial charge in [0.2, 0.25) is 5.91 Å². The Morgan fingerprint density at radius 1 is 1.24 bits per heavy atom. The van der Waals surface area contributed by atoms with Crippen LogP contribution in [0.1, 0.15) is 56.8 Å². The SMILES string of the molecule is CC(C)(C)CC(=O)Nc1ccc(Cl)c(C(=O)NC2(C(=O)O)CCC2)c1. The lowest BCUT2D eigenvalue weighted by Crippen LogP contribution is -2.59. The molecular formula is C18H23ClN2O4. The van der Waals surface area contributed by atoms with E-state index < -0.39 is 17.4 Å². The van der Waals surface area contributed by atoms with Crippen molar-refractivity contribution in [3.63, 3.8) is 0 Å². The number of aliphatic carboxylic acids is 1. The molecule has 0 heterocycles. The van der Waals surface area contributed by atoms with E-state index in [-0.39, 0.29) is 21.9 Å². The van der Waals surface area contributed by atoms with E-state index in [1.54, 1.807) is 6.07 Å². The third-order valence-corrected chi connectivity index (χ3v) is 4.48. The predicted octanol–water partition coefficient (Wildman–Crippen LogP) is 3.45. The molecule has 7 heteroatoms. The molecule has 1 fully saturated rings. The van der Waals surface area contributed by atoms with Crippen molar-refractivity contribution < 1.29 is 19.5 Å². The molecule has 1 saturated carbocycles. The van der Waals surface area contributed by atoms with Crippen molar-refractivity contribution in [2.75, 3.05) is 5.32 Å². The maximum Gasteiger partial charge on any atom is 0.329 e. The van der Waals surface area contributed by atoms with Crippen molar-refractivity contribution in [2.45, 2.75) is 52.0 Å². The van der Waals surface area contributed by atoms with Crippen LogP contribution >= 0.6 is 11.6 Å². The zero-order valence-electron chi connectivity index (χ0n) is 14.6. The minimum atomic E-state index is -1.22. The van der Waals surface area contributed by atoms with E-state index >= 15 is 0 Å². The number of rotatable bonds is 5. The lowest BCUT2D eigenvalue weighted by Gasteiger charge is -2.38. The van der Waals surface area contributed by atoms with Crippen molar-refractivity contribution in [3.05, 3.63) is 28.8 Å². The average Bonchev–Trinajstić information content (AvgIpc) is 2.42. The second kappa shape index (κ2) is 7.04. The van der Waals surface area contributed by atoms with Gasteiger partial charge in [-0.15, -0.1) is 0 Å². The molecule has 0 unspecified atom stereocenters. The van der Waals surface area contributed by atoms with Gasteiger partial charge in [-0.2, -0.15) is 0 Å². The van der Waals surface area contributed by atoms with Gasteiger partial charge in [-0.25, -0.2) is 4.79 Å². The van der Waals surface area contributed by atoms with E-state index in [2.05, 4.69) is 10.6 Å². The first-order valence-electron chi connectivity index (χ1n) is 8.18. The number of carbonyl (C=O) groups excluding carboxylic acids is 2. The minimum Gasteiger partial charge on any atom is -0.480 e. The molecule has 1 aromatic carbocycles. The second-order valence-corrected chi connectivity index (χ2v) is 8.08. The molecule has 0 radical (unpaired) electrons. The number of hydrogen-bond acceptors (Lipinski definition) is 3. The summed E-state index contributed by atoms with van der Waals surface area (Å²) in [6.07, 6.45) is 1.88. The molecule has 3 N–H and O–H groups in total. The first-order chi connectivity index (χ1) is 11.5. The minimum absolute atomic E-state index is 0.141. The van der Waals surface area contributed by atoms with Gasteiger partial charge in [0, 0.05) is 12.1 Å². The molecule has 0 atom stereocenters. The highest BCUT2D eigenvalue weighted by Crippen LogP contribution is 2.33. The summed E-state index contributed by atoms with van der Waals surface area (Å²) in [7, 11) is 0. The molecule has 1 aliphatic rings. The van der Waals surface area contributed by atoms with Crippen molar-refractivity contribution in [1.29, 1.82) is 0 Å². The first-order valence-corrected chi connectivity index (χ1v) is 8.56. The molecule has 2 amide bonds. The van der Waals surface area contributed by atoms with Gasteiger partial charge in [-0.3, -0.25) is 9.59 Å². The Bertz CT molecular complexity index is 706. The van der Waals surface area contributed by atoms with Gasteiger partial charge in [0.05, 0.1) is 10.6 Å². The topological polar surface area (TPSA) is 95.5 Å². The molecule has 25 heavy (non-hydrogen) atoms. The standard InChI is InChI=1S/C18H23ClN2O4/c1-17(2,3)10-14(22)20-11-5-6-13(19)12(9-11)15(23)21-18(16(24)25)7-4-8-18/h5-6,9H,4,7-8,10H2,1-3H3,(H,20,22)(H,21,23)(H,24,25). The van der Waals surface area contributed by atoms with Gasteiger partial charge in [-0.1, -0.05) is 32.4 Å². The lowest BCUT2D eigenvalue weighted by atomic mass is 9.76. The van der Waals surface area contributed by atoms with Crippen molar-refractivity contribution in [1.82, 2.24) is 5.32 Å². The summed E-state index contributed by atoms with van der Waals surface area (Å²) in [5.41, 5.74) is -0.787. The van der Waals surface area contributed by atoms with Crippen LogP contribution in [0.25, 0.3) is 0 Å². The molecular weight excluding hydrogens is 344 g/mol.